The number of thiazole rings is 1. The second kappa shape index (κ2) is 9.75. The van der Waals surface area contributed by atoms with Gasteiger partial charge in [0.2, 0.25) is 0 Å². The Balaban J connectivity index is 1.68. The first-order valence-corrected chi connectivity index (χ1v) is 12.4. The quantitative estimate of drug-likeness (QED) is 0.170. The number of hydrogen-bond donors (Lipinski definition) is 1. The molecule has 0 saturated carbocycles. The molecule has 0 bridgehead atoms. The van der Waals surface area contributed by atoms with E-state index in [1.807, 2.05) is 0 Å². The van der Waals surface area contributed by atoms with Crippen molar-refractivity contribution >= 4 is 45.7 Å². The number of carbonyl (C=O) groups is 4. The lowest BCUT2D eigenvalue weighted by molar-refractivity contribution is -0.132. The summed E-state index contributed by atoms with van der Waals surface area (Å²) in [5, 5.41) is 11.5. The van der Waals surface area contributed by atoms with Gasteiger partial charge in [0.15, 0.2) is 22.4 Å². The second-order valence-corrected chi connectivity index (χ2v) is 9.59. The minimum absolute atomic E-state index is 0.137. The van der Waals surface area contributed by atoms with Gasteiger partial charge >= 0.3 is 11.9 Å². The largest absolute Gasteiger partial charge is 0.507 e. The number of aromatic nitrogens is 1. The molecule has 1 amide bonds. The Morgan fingerprint density at radius 2 is 1.71 bits per heavy atom. The number of benzene rings is 2. The molecule has 2 aliphatic heterocycles. The van der Waals surface area contributed by atoms with Crippen LogP contribution in [0, 0.1) is 6.92 Å². The number of nitrogens with zero attached hydrogens (tertiary/aromatic N) is 2. The van der Waals surface area contributed by atoms with Crippen LogP contribution >= 0.6 is 11.3 Å². The fourth-order valence-electron chi connectivity index (χ4n) is 4.42. The van der Waals surface area contributed by atoms with Crippen molar-refractivity contribution in [3.05, 3.63) is 75.3 Å². The van der Waals surface area contributed by atoms with Crippen LogP contribution in [-0.4, -0.2) is 53.9 Å². The van der Waals surface area contributed by atoms with Gasteiger partial charge in [0.25, 0.3) is 5.78 Å². The van der Waals surface area contributed by atoms with Crippen LogP contribution in [0.5, 0.6) is 11.5 Å². The molecule has 1 aromatic heterocycles. The average molecular weight is 535 g/mol. The molecule has 0 spiro atoms. The maximum Gasteiger partial charge on any atom is 0.337 e. The number of hydrogen-bond acceptors (Lipinski definition) is 10. The summed E-state index contributed by atoms with van der Waals surface area (Å²) in [7, 11) is 1.26. The number of fused-ring (bicyclic) bond motifs is 1. The number of anilines is 1. The molecule has 3 heterocycles. The van der Waals surface area contributed by atoms with E-state index < -0.39 is 29.5 Å². The lowest BCUT2D eigenvalue weighted by Crippen LogP contribution is -2.29. The Bertz CT molecular complexity index is 1520. The second-order valence-electron chi connectivity index (χ2n) is 8.61. The molecule has 10 nitrogen and oxygen atoms in total. The molecule has 2 aromatic carbocycles. The van der Waals surface area contributed by atoms with Gasteiger partial charge in [-0.05, 0) is 42.8 Å². The van der Waals surface area contributed by atoms with Crippen molar-refractivity contribution in [2.24, 2.45) is 0 Å². The van der Waals surface area contributed by atoms with Crippen LogP contribution in [-0.2, 0) is 14.3 Å². The van der Waals surface area contributed by atoms with Crippen molar-refractivity contribution < 1.29 is 38.5 Å². The summed E-state index contributed by atoms with van der Waals surface area (Å²) >= 11 is 0.986. The van der Waals surface area contributed by atoms with Crippen molar-refractivity contribution in [2.45, 2.75) is 19.9 Å². The maximum atomic E-state index is 13.4. The molecule has 38 heavy (non-hydrogen) atoms. The molecule has 5 rings (SSSR count). The summed E-state index contributed by atoms with van der Waals surface area (Å²) in [5.74, 6) is -2.12. The highest BCUT2D eigenvalue weighted by molar-refractivity contribution is 7.18. The van der Waals surface area contributed by atoms with E-state index in [1.54, 1.807) is 31.2 Å². The first-order valence-electron chi connectivity index (χ1n) is 11.6. The Hall–Kier alpha value is -4.51. The molecule has 1 fully saturated rings. The van der Waals surface area contributed by atoms with E-state index in [-0.39, 0.29) is 27.6 Å². The first kappa shape index (κ1) is 25.2. The topological polar surface area (TPSA) is 132 Å². The van der Waals surface area contributed by atoms with Gasteiger partial charge in [-0.25, -0.2) is 9.78 Å². The fraction of sp³-hybridized carbons (Fsp3) is 0.222. The zero-order chi connectivity index (χ0) is 27.1. The van der Waals surface area contributed by atoms with Crippen LogP contribution in [0.4, 0.5) is 5.13 Å². The number of ether oxygens (including phenoxy) is 3. The predicted molar refractivity (Wildman–Crippen MR) is 137 cm³/mol. The van der Waals surface area contributed by atoms with Gasteiger partial charge in [-0.1, -0.05) is 23.5 Å². The fourth-order valence-corrected chi connectivity index (χ4v) is 5.41. The van der Waals surface area contributed by atoms with Crippen molar-refractivity contribution in [3.63, 3.8) is 0 Å². The molecule has 3 aromatic rings. The number of aliphatic hydroxyl groups excluding tert-OH is 1. The van der Waals surface area contributed by atoms with Crippen LogP contribution in [0.3, 0.4) is 0 Å². The number of methoxy groups -OCH3 is 1. The molecule has 1 N–H and O–H groups in total. The van der Waals surface area contributed by atoms with Crippen molar-refractivity contribution in [3.8, 4) is 11.5 Å². The smallest absolute Gasteiger partial charge is 0.337 e. The van der Waals surface area contributed by atoms with Gasteiger partial charge in [0.05, 0.1) is 34.9 Å². The van der Waals surface area contributed by atoms with Crippen molar-refractivity contribution in [2.75, 3.05) is 25.2 Å². The number of aliphatic hydroxyl groups is 1. The van der Waals surface area contributed by atoms with Crippen LogP contribution in [0.15, 0.2) is 48.0 Å². The summed E-state index contributed by atoms with van der Waals surface area (Å²) in [6, 6.07) is 9.77. The van der Waals surface area contributed by atoms with Crippen LogP contribution in [0.25, 0.3) is 5.76 Å². The van der Waals surface area contributed by atoms with Gasteiger partial charge in [-0.15, -0.1) is 0 Å². The van der Waals surface area contributed by atoms with Crippen molar-refractivity contribution in [1.29, 1.82) is 0 Å². The number of esters is 1. The predicted octanol–water partition coefficient (Wildman–Crippen LogP) is 3.84. The highest BCUT2D eigenvalue weighted by Gasteiger charge is 2.48. The van der Waals surface area contributed by atoms with Gasteiger partial charge in [0.1, 0.15) is 19.0 Å². The first-order chi connectivity index (χ1) is 18.2. The summed E-state index contributed by atoms with van der Waals surface area (Å²) in [6.07, 6.45) is 0. The molecule has 11 heteroatoms. The number of Topliss-reactive ketones (excluding diaryl/α,β-unsaturated/α-hetero) is 2. The Kier molecular flexibility index (Phi) is 6.45. The highest BCUT2D eigenvalue weighted by atomic mass is 32.1. The van der Waals surface area contributed by atoms with Crippen molar-refractivity contribution in [1.82, 2.24) is 4.98 Å². The average Bonchev–Trinajstić information content (AvgIpc) is 3.44. The summed E-state index contributed by atoms with van der Waals surface area (Å²) in [6.45, 7) is 3.75. The lowest BCUT2D eigenvalue weighted by Gasteiger charge is -2.23. The minimum atomic E-state index is -1.08. The molecule has 1 saturated heterocycles. The molecule has 0 unspecified atom stereocenters. The molecular formula is C27H22N2O8S. The Morgan fingerprint density at radius 3 is 2.34 bits per heavy atom. The Morgan fingerprint density at radius 1 is 1.05 bits per heavy atom. The molecular weight excluding hydrogens is 512 g/mol. The van der Waals surface area contributed by atoms with E-state index in [1.165, 1.54) is 37.1 Å². The van der Waals surface area contributed by atoms with E-state index in [0.29, 0.717) is 40.8 Å². The SMILES string of the molecule is COC(=O)c1ccc([C@@H]2/C(=C(\O)c3ccc4c(c3)OCCO4)C(=O)C(=O)N2c2nc(C)c(C(C)=O)s2)cc1. The van der Waals surface area contributed by atoms with Gasteiger partial charge in [-0.2, -0.15) is 0 Å². The van der Waals surface area contributed by atoms with E-state index in [9.17, 15) is 24.3 Å². The van der Waals surface area contributed by atoms with Gasteiger partial charge in [-0.3, -0.25) is 19.3 Å². The van der Waals surface area contributed by atoms with E-state index in [4.69, 9.17) is 14.2 Å². The molecule has 194 valence electrons. The molecule has 0 aliphatic carbocycles. The van der Waals surface area contributed by atoms with Gasteiger partial charge < -0.3 is 19.3 Å². The van der Waals surface area contributed by atoms with E-state index in [0.717, 1.165) is 11.3 Å². The number of rotatable bonds is 5. The van der Waals surface area contributed by atoms with Crippen LogP contribution in [0.1, 0.15) is 49.8 Å². The number of carbonyl (C=O) groups excluding carboxylic acids is 4. The van der Waals surface area contributed by atoms with Crippen LogP contribution < -0.4 is 14.4 Å². The van der Waals surface area contributed by atoms with Crippen LogP contribution in [0.2, 0.25) is 0 Å². The number of aryl methyl sites for hydroxylation is 1. The van der Waals surface area contributed by atoms with E-state index >= 15 is 0 Å². The minimum Gasteiger partial charge on any atom is -0.507 e. The zero-order valence-corrected chi connectivity index (χ0v) is 21.5. The standard InChI is InChI=1S/C27H22N2O8S/c1-13-24(14(2)30)38-27(28-13)29-21(15-4-6-16(7-5-15)26(34)35-3)20(23(32)25(29)33)22(31)17-8-9-18-19(12-17)37-11-10-36-18/h4-9,12,21,31H,10-11H2,1-3H3/b22-20+/t21-/m1/s1. The number of amides is 1. The third-order valence-corrected chi connectivity index (χ3v) is 7.48. The van der Waals surface area contributed by atoms with E-state index in [2.05, 4.69) is 4.98 Å². The normalized spacial score (nSPS) is 18.0. The lowest BCUT2D eigenvalue weighted by atomic mass is 9.94. The monoisotopic (exact) mass is 534 g/mol. The van der Waals surface area contributed by atoms with Gasteiger partial charge in [0, 0.05) is 12.5 Å². The summed E-state index contributed by atoms with van der Waals surface area (Å²) < 4.78 is 15.9. The Labute approximate surface area is 221 Å². The third kappa shape index (κ3) is 4.20. The molecule has 2 aliphatic rings. The highest BCUT2D eigenvalue weighted by Crippen LogP contribution is 2.44. The molecule has 1 atom stereocenters. The third-order valence-electron chi connectivity index (χ3n) is 6.22. The summed E-state index contributed by atoms with van der Waals surface area (Å²) in [5.41, 5.74) is 1.21. The molecule has 0 radical (unpaired) electrons. The zero-order valence-electron chi connectivity index (χ0n) is 20.6. The number of ketones is 2. The summed E-state index contributed by atoms with van der Waals surface area (Å²) in [4.78, 5) is 56.7. The maximum absolute atomic E-state index is 13.4.